The highest BCUT2D eigenvalue weighted by atomic mass is 35.5. The van der Waals surface area contributed by atoms with Gasteiger partial charge in [0.1, 0.15) is 5.76 Å². The van der Waals surface area contributed by atoms with Gasteiger partial charge in [-0.15, -0.1) is 0 Å². The summed E-state index contributed by atoms with van der Waals surface area (Å²) >= 11 is 6.16. The maximum Gasteiger partial charge on any atom is 0.295 e. The van der Waals surface area contributed by atoms with E-state index in [1.54, 1.807) is 30.3 Å². The standard InChI is InChI=1S/C21H22ClN3O3/c1-24(2)11-4-12-25-18(15-5-3-6-16(22)13-15)17(20(27)21(25)28)19(26)14-7-9-23-10-8-14/h3,5-10,13,18,26H,4,11-12H2,1-2H3/p+1/t18-/m1/s1. The molecule has 28 heavy (non-hydrogen) atoms. The van der Waals surface area contributed by atoms with Gasteiger partial charge in [0.15, 0.2) is 0 Å². The highest BCUT2D eigenvalue weighted by Crippen LogP contribution is 2.39. The fourth-order valence-corrected chi connectivity index (χ4v) is 3.60. The van der Waals surface area contributed by atoms with Crippen LogP contribution < -0.4 is 4.90 Å². The predicted octanol–water partition coefficient (Wildman–Crippen LogP) is 1.69. The van der Waals surface area contributed by atoms with Crippen LogP contribution in [0.2, 0.25) is 5.02 Å². The van der Waals surface area contributed by atoms with E-state index < -0.39 is 17.7 Å². The average Bonchev–Trinajstić information content (AvgIpc) is 2.93. The van der Waals surface area contributed by atoms with E-state index >= 15 is 0 Å². The molecule has 1 aromatic heterocycles. The minimum absolute atomic E-state index is 0.0793. The molecule has 1 aliphatic rings. The van der Waals surface area contributed by atoms with Crippen molar-refractivity contribution in [2.45, 2.75) is 12.5 Å². The van der Waals surface area contributed by atoms with E-state index in [9.17, 15) is 14.7 Å². The lowest BCUT2D eigenvalue weighted by atomic mass is 9.95. The number of ketones is 1. The van der Waals surface area contributed by atoms with Crippen molar-refractivity contribution >= 4 is 29.1 Å². The monoisotopic (exact) mass is 400 g/mol. The molecule has 1 aromatic carbocycles. The van der Waals surface area contributed by atoms with Crippen LogP contribution in [0.5, 0.6) is 0 Å². The summed E-state index contributed by atoms with van der Waals surface area (Å²) in [5.41, 5.74) is 1.22. The van der Waals surface area contributed by atoms with Gasteiger partial charge >= 0.3 is 0 Å². The normalized spacial score (nSPS) is 18.9. The van der Waals surface area contributed by atoms with Crippen molar-refractivity contribution < 1.29 is 19.6 Å². The minimum Gasteiger partial charge on any atom is -0.507 e. The van der Waals surface area contributed by atoms with Gasteiger partial charge in [-0.1, -0.05) is 23.7 Å². The van der Waals surface area contributed by atoms with Gasteiger partial charge < -0.3 is 14.9 Å². The van der Waals surface area contributed by atoms with Gasteiger partial charge in [0.2, 0.25) is 0 Å². The van der Waals surface area contributed by atoms with Gasteiger partial charge in [-0.05, 0) is 29.8 Å². The number of nitrogens with one attached hydrogen (secondary N) is 1. The van der Waals surface area contributed by atoms with Crippen molar-refractivity contribution in [2.75, 3.05) is 27.2 Å². The quantitative estimate of drug-likeness (QED) is 0.439. The summed E-state index contributed by atoms with van der Waals surface area (Å²) in [6.45, 7) is 1.27. The molecule has 6 nitrogen and oxygen atoms in total. The van der Waals surface area contributed by atoms with E-state index in [1.165, 1.54) is 22.2 Å². The molecule has 7 heteroatoms. The number of aromatic nitrogens is 1. The Morgan fingerprint density at radius 3 is 2.57 bits per heavy atom. The third-order valence-corrected chi connectivity index (χ3v) is 4.97. The van der Waals surface area contributed by atoms with Crippen LogP contribution in [0, 0.1) is 0 Å². The molecule has 0 saturated carbocycles. The second-order valence-corrected chi connectivity index (χ2v) is 7.53. The number of hydrogen-bond acceptors (Lipinski definition) is 4. The lowest BCUT2D eigenvalue weighted by molar-refractivity contribution is -0.858. The van der Waals surface area contributed by atoms with Crippen LogP contribution in [0.25, 0.3) is 5.76 Å². The number of benzene rings is 1. The van der Waals surface area contributed by atoms with Crippen LogP contribution in [0.1, 0.15) is 23.6 Å². The molecular formula is C21H23ClN3O3+. The van der Waals surface area contributed by atoms with E-state index in [2.05, 4.69) is 4.98 Å². The van der Waals surface area contributed by atoms with Gasteiger partial charge in [0, 0.05) is 35.9 Å². The largest absolute Gasteiger partial charge is 0.507 e. The second-order valence-electron chi connectivity index (χ2n) is 7.09. The molecular weight excluding hydrogens is 378 g/mol. The maximum absolute atomic E-state index is 12.8. The molecule has 3 rings (SSSR count). The van der Waals surface area contributed by atoms with Crippen LogP contribution in [-0.2, 0) is 9.59 Å². The number of pyridine rings is 1. The van der Waals surface area contributed by atoms with Crippen molar-refractivity contribution in [3.63, 3.8) is 0 Å². The fourth-order valence-electron chi connectivity index (χ4n) is 3.40. The Morgan fingerprint density at radius 2 is 1.93 bits per heavy atom. The number of likely N-dealkylation sites (tertiary alicyclic amines) is 1. The van der Waals surface area contributed by atoms with Gasteiger partial charge in [-0.3, -0.25) is 14.6 Å². The number of halogens is 1. The summed E-state index contributed by atoms with van der Waals surface area (Å²) < 4.78 is 0. The highest BCUT2D eigenvalue weighted by molar-refractivity contribution is 6.46. The second kappa shape index (κ2) is 8.54. The minimum atomic E-state index is -0.684. The van der Waals surface area contributed by atoms with Gasteiger partial charge in [0.05, 0.1) is 32.3 Å². The van der Waals surface area contributed by atoms with Gasteiger partial charge in [-0.25, -0.2) is 0 Å². The first-order valence-electron chi connectivity index (χ1n) is 9.13. The van der Waals surface area contributed by atoms with E-state index in [1.807, 2.05) is 20.2 Å². The molecule has 0 aliphatic carbocycles. The molecule has 1 saturated heterocycles. The first-order valence-corrected chi connectivity index (χ1v) is 9.51. The number of amides is 1. The van der Waals surface area contributed by atoms with Crippen LogP contribution >= 0.6 is 11.6 Å². The van der Waals surface area contributed by atoms with Gasteiger partial charge in [0.25, 0.3) is 11.7 Å². The van der Waals surface area contributed by atoms with E-state index in [-0.39, 0.29) is 11.3 Å². The number of Topliss-reactive ketones (excluding diaryl/α,β-unsaturated/α-hetero) is 1. The zero-order chi connectivity index (χ0) is 20.3. The molecule has 0 unspecified atom stereocenters. The molecule has 146 valence electrons. The molecule has 2 N–H and O–H groups in total. The Bertz CT molecular complexity index is 912. The van der Waals surface area contributed by atoms with Crippen LogP contribution in [0.4, 0.5) is 0 Å². The van der Waals surface area contributed by atoms with Gasteiger partial charge in [-0.2, -0.15) is 0 Å². The van der Waals surface area contributed by atoms with E-state index in [0.29, 0.717) is 22.7 Å². The van der Waals surface area contributed by atoms with Crippen LogP contribution in [-0.4, -0.2) is 53.9 Å². The number of aliphatic hydroxyl groups is 1. The smallest absolute Gasteiger partial charge is 0.295 e. The molecule has 1 atom stereocenters. The Balaban J connectivity index is 2.08. The lowest BCUT2D eigenvalue weighted by Gasteiger charge is -2.25. The Kier molecular flexibility index (Phi) is 6.11. The van der Waals surface area contributed by atoms with Crippen LogP contribution in [0.15, 0.2) is 54.4 Å². The molecule has 1 amide bonds. The van der Waals surface area contributed by atoms with E-state index in [4.69, 9.17) is 11.6 Å². The van der Waals surface area contributed by atoms with Crippen molar-refractivity contribution in [1.29, 1.82) is 0 Å². The molecule has 1 fully saturated rings. The maximum atomic E-state index is 12.8. The van der Waals surface area contributed by atoms with Crippen LogP contribution in [0.3, 0.4) is 0 Å². The first kappa shape index (κ1) is 20.0. The third-order valence-electron chi connectivity index (χ3n) is 4.73. The summed E-state index contributed by atoms with van der Waals surface area (Å²) in [5.74, 6) is -1.49. The van der Waals surface area contributed by atoms with Crippen molar-refractivity contribution in [3.8, 4) is 0 Å². The zero-order valence-corrected chi connectivity index (χ0v) is 16.6. The Labute approximate surface area is 169 Å². The number of rotatable bonds is 6. The SMILES string of the molecule is C[NH+](C)CCCN1C(=O)C(=O)C(=C(O)c2ccncc2)[C@H]1c1cccc(Cl)c1. The molecule has 2 aromatic rings. The number of carbonyl (C=O) groups is 2. The summed E-state index contributed by atoms with van der Waals surface area (Å²) in [6, 6.07) is 9.57. The molecule has 0 bridgehead atoms. The average molecular weight is 401 g/mol. The summed E-state index contributed by atoms with van der Waals surface area (Å²) in [5, 5.41) is 11.4. The summed E-state index contributed by atoms with van der Waals surface area (Å²) in [7, 11) is 4.07. The Morgan fingerprint density at radius 1 is 1.21 bits per heavy atom. The number of hydrogen-bond donors (Lipinski definition) is 2. The first-order chi connectivity index (χ1) is 13.4. The number of aliphatic hydroxyl groups excluding tert-OH is 1. The summed E-state index contributed by atoms with van der Waals surface area (Å²) in [6.07, 6.45) is 3.79. The highest BCUT2D eigenvalue weighted by Gasteiger charge is 2.45. The Hall–Kier alpha value is -2.70. The van der Waals surface area contributed by atoms with E-state index in [0.717, 1.165) is 13.0 Å². The number of quaternary nitrogens is 1. The lowest BCUT2D eigenvalue weighted by Crippen LogP contribution is -3.05. The van der Waals surface area contributed by atoms with Crippen molar-refractivity contribution in [1.82, 2.24) is 9.88 Å². The van der Waals surface area contributed by atoms with Crippen molar-refractivity contribution in [2.24, 2.45) is 0 Å². The third kappa shape index (κ3) is 4.08. The fraction of sp³-hybridized carbons (Fsp3) is 0.286. The molecule has 2 heterocycles. The molecule has 0 spiro atoms. The topological polar surface area (TPSA) is 74.9 Å². The molecule has 0 radical (unpaired) electrons. The molecule has 1 aliphatic heterocycles. The zero-order valence-electron chi connectivity index (χ0n) is 15.9. The van der Waals surface area contributed by atoms with Crippen molar-refractivity contribution in [3.05, 3.63) is 70.5 Å². The number of nitrogens with zero attached hydrogens (tertiary/aromatic N) is 2. The summed E-state index contributed by atoms with van der Waals surface area (Å²) in [4.78, 5) is 32.3. The number of carbonyl (C=O) groups excluding carboxylic acids is 2. The predicted molar refractivity (Wildman–Crippen MR) is 107 cm³/mol.